The average molecular weight is 362 g/mol. The normalized spacial score (nSPS) is 25.4. The zero-order valence-corrected chi connectivity index (χ0v) is 15.4. The largest absolute Gasteiger partial charge is 0.307 e. The molecule has 0 bridgehead atoms. The average Bonchev–Trinajstić information content (AvgIpc) is 2.98. The van der Waals surface area contributed by atoms with Crippen LogP contribution in [0.1, 0.15) is 18.5 Å². The molecule has 4 rings (SSSR count). The molecule has 2 saturated heterocycles. The Hall–Kier alpha value is -1.44. The molecule has 2 fully saturated rings. The van der Waals surface area contributed by atoms with Gasteiger partial charge in [0.05, 0.1) is 17.2 Å². The summed E-state index contributed by atoms with van der Waals surface area (Å²) in [4.78, 5) is 9.55. The van der Waals surface area contributed by atoms with Gasteiger partial charge in [-0.2, -0.15) is 0 Å². The molecule has 0 radical (unpaired) electrons. The minimum absolute atomic E-state index is 0.323. The Labute approximate surface area is 149 Å². The summed E-state index contributed by atoms with van der Waals surface area (Å²) in [7, 11) is -2.79. The molecule has 2 aromatic heterocycles. The van der Waals surface area contributed by atoms with E-state index in [1.54, 1.807) is 0 Å². The molecular formula is C18H26N4O2S. The molecule has 0 amide bonds. The van der Waals surface area contributed by atoms with Crippen molar-refractivity contribution in [3.63, 3.8) is 0 Å². The van der Waals surface area contributed by atoms with E-state index < -0.39 is 9.84 Å². The van der Waals surface area contributed by atoms with Crippen molar-refractivity contribution in [2.24, 2.45) is 5.92 Å². The topological polar surface area (TPSA) is 57.9 Å². The molecule has 0 spiro atoms. The Morgan fingerprint density at radius 3 is 2.68 bits per heavy atom. The van der Waals surface area contributed by atoms with Crippen molar-refractivity contribution in [3.05, 3.63) is 36.3 Å². The highest BCUT2D eigenvalue weighted by Gasteiger charge is 2.27. The lowest BCUT2D eigenvalue weighted by Gasteiger charge is -2.36. The van der Waals surface area contributed by atoms with Gasteiger partial charge in [0, 0.05) is 51.7 Å². The molecule has 25 heavy (non-hydrogen) atoms. The molecule has 0 aromatic carbocycles. The van der Waals surface area contributed by atoms with Crippen molar-refractivity contribution < 1.29 is 8.42 Å². The monoisotopic (exact) mass is 362 g/mol. The van der Waals surface area contributed by atoms with Crippen LogP contribution in [0.25, 0.3) is 5.65 Å². The Morgan fingerprint density at radius 1 is 1.12 bits per heavy atom. The highest BCUT2D eigenvalue weighted by Crippen LogP contribution is 2.20. The smallest absolute Gasteiger partial charge is 0.150 e. The van der Waals surface area contributed by atoms with Gasteiger partial charge in [0.15, 0.2) is 9.84 Å². The summed E-state index contributed by atoms with van der Waals surface area (Å²) in [6, 6.07) is 6.05. The van der Waals surface area contributed by atoms with Gasteiger partial charge in [0.2, 0.25) is 0 Å². The predicted molar refractivity (Wildman–Crippen MR) is 98.3 cm³/mol. The number of hydrogen-bond acceptors (Lipinski definition) is 5. The fraction of sp³-hybridized carbons (Fsp3) is 0.611. The fourth-order valence-electron chi connectivity index (χ4n) is 4.05. The van der Waals surface area contributed by atoms with E-state index in [1.807, 2.05) is 24.4 Å². The first-order valence-electron chi connectivity index (χ1n) is 9.15. The summed E-state index contributed by atoms with van der Waals surface area (Å²) < 4.78 is 25.7. The zero-order chi connectivity index (χ0) is 17.3. The Morgan fingerprint density at radius 2 is 1.92 bits per heavy atom. The molecular weight excluding hydrogens is 336 g/mol. The number of imidazole rings is 1. The van der Waals surface area contributed by atoms with E-state index >= 15 is 0 Å². The molecule has 2 aliphatic rings. The van der Waals surface area contributed by atoms with Crippen LogP contribution in [0.15, 0.2) is 30.6 Å². The van der Waals surface area contributed by atoms with Crippen LogP contribution < -0.4 is 0 Å². The SMILES string of the molecule is O=S1(=O)CCCC(CN2CCN(Cc3cn4ccccc4n3)CC2)C1. The molecule has 0 N–H and O–H groups in total. The van der Waals surface area contributed by atoms with Crippen LogP contribution in [-0.4, -0.2) is 71.8 Å². The van der Waals surface area contributed by atoms with E-state index in [0.29, 0.717) is 17.4 Å². The third-order valence-corrected chi connectivity index (χ3v) is 7.23. The summed E-state index contributed by atoms with van der Waals surface area (Å²) in [5, 5.41) is 0. The van der Waals surface area contributed by atoms with Crippen LogP contribution in [0.3, 0.4) is 0 Å². The maximum absolute atomic E-state index is 11.8. The number of piperazine rings is 1. The minimum atomic E-state index is -2.79. The van der Waals surface area contributed by atoms with Crippen LogP contribution in [0.2, 0.25) is 0 Å². The molecule has 1 atom stereocenters. The molecule has 0 aliphatic carbocycles. The van der Waals surface area contributed by atoms with E-state index in [9.17, 15) is 8.42 Å². The second-order valence-electron chi connectivity index (χ2n) is 7.40. The van der Waals surface area contributed by atoms with Gasteiger partial charge in [-0.05, 0) is 30.9 Å². The summed E-state index contributed by atoms with van der Waals surface area (Å²) in [6.45, 7) is 5.89. The van der Waals surface area contributed by atoms with Crippen LogP contribution >= 0.6 is 0 Å². The third-order valence-electron chi connectivity index (χ3n) is 5.34. The molecule has 7 heteroatoms. The number of rotatable bonds is 4. The van der Waals surface area contributed by atoms with Crippen molar-refractivity contribution in [1.82, 2.24) is 19.2 Å². The van der Waals surface area contributed by atoms with Crippen molar-refractivity contribution >= 4 is 15.5 Å². The van der Waals surface area contributed by atoms with Gasteiger partial charge in [-0.25, -0.2) is 13.4 Å². The van der Waals surface area contributed by atoms with Gasteiger partial charge in [-0.1, -0.05) is 6.07 Å². The first kappa shape index (κ1) is 17.0. The van der Waals surface area contributed by atoms with Crippen LogP contribution in [0, 0.1) is 5.92 Å². The van der Waals surface area contributed by atoms with Crippen molar-refractivity contribution in [3.8, 4) is 0 Å². The Balaban J connectivity index is 1.28. The number of sulfone groups is 1. The number of pyridine rings is 1. The summed E-state index contributed by atoms with van der Waals surface area (Å²) in [5.74, 6) is 1.09. The van der Waals surface area contributed by atoms with Gasteiger partial charge in [0.25, 0.3) is 0 Å². The molecule has 2 aliphatic heterocycles. The first-order valence-corrected chi connectivity index (χ1v) is 11.0. The molecule has 136 valence electrons. The highest BCUT2D eigenvalue weighted by molar-refractivity contribution is 7.91. The molecule has 2 aromatic rings. The van der Waals surface area contributed by atoms with Gasteiger partial charge in [-0.15, -0.1) is 0 Å². The van der Waals surface area contributed by atoms with E-state index in [-0.39, 0.29) is 0 Å². The van der Waals surface area contributed by atoms with Gasteiger partial charge in [0.1, 0.15) is 5.65 Å². The molecule has 0 saturated carbocycles. The maximum Gasteiger partial charge on any atom is 0.150 e. The van der Waals surface area contributed by atoms with Crippen molar-refractivity contribution in [2.75, 3.05) is 44.2 Å². The minimum Gasteiger partial charge on any atom is -0.307 e. The molecule has 4 heterocycles. The van der Waals surface area contributed by atoms with Crippen LogP contribution in [0.4, 0.5) is 0 Å². The molecule has 6 nitrogen and oxygen atoms in total. The maximum atomic E-state index is 11.8. The molecule has 1 unspecified atom stereocenters. The van der Waals surface area contributed by atoms with Gasteiger partial charge >= 0.3 is 0 Å². The van der Waals surface area contributed by atoms with E-state index in [1.165, 1.54) is 0 Å². The third kappa shape index (κ3) is 4.22. The number of fused-ring (bicyclic) bond motifs is 1. The van der Waals surface area contributed by atoms with E-state index in [4.69, 9.17) is 0 Å². The summed E-state index contributed by atoms with van der Waals surface area (Å²) in [5.41, 5.74) is 2.10. The lowest BCUT2D eigenvalue weighted by Crippen LogP contribution is -2.48. The van der Waals surface area contributed by atoms with E-state index in [0.717, 1.165) is 63.5 Å². The van der Waals surface area contributed by atoms with E-state index in [2.05, 4.69) is 25.4 Å². The fourth-order valence-corrected chi connectivity index (χ4v) is 5.81. The standard InChI is InChI=1S/C18H26N4O2S/c23-25(24)11-3-4-16(15-25)12-20-7-9-21(10-8-20)13-17-14-22-6-2-1-5-18(22)19-17/h1-2,5-6,14,16H,3-4,7-13,15H2. The highest BCUT2D eigenvalue weighted by atomic mass is 32.2. The Kier molecular flexibility index (Phi) is 4.80. The number of nitrogens with zero attached hydrogens (tertiary/aromatic N) is 4. The Bertz CT molecular complexity index is 791. The van der Waals surface area contributed by atoms with Gasteiger partial charge < -0.3 is 9.30 Å². The zero-order valence-electron chi connectivity index (χ0n) is 14.5. The summed E-state index contributed by atoms with van der Waals surface area (Å²) in [6.07, 6.45) is 6.03. The first-order chi connectivity index (χ1) is 12.1. The van der Waals surface area contributed by atoms with Crippen molar-refractivity contribution in [1.29, 1.82) is 0 Å². The predicted octanol–water partition coefficient (Wildman–Crippen LogP) is 1.28. The van der Waals surface area contributed by atoms with Crippen LogP contribution in [-0.2, 0) is 16.4 Å². The lowest BCUT2D eigenvalue weighted by molar-refractivity contribution is 0.113. The number of hydrogen-bond donors (Lipinski definition) is 0. The quantitative estimate of drug-likeness (QED) is 0.820. The summed E-state index contributed by atoms with van der Waals surface area (Å²) >= 11 is 0. The van der Waals surface area contributed by atoms with Gasteiger partial charge in [-0.3, -0.25) is 4.90 Å². The van der Waals surface area contributed by atoms with Crippen LogP contribution in [0.5, 0.6) is 0 Å². The second-order valence-corrected chi connectivity index (χ2v) is 9.63. The lowest BCUT2D eigenvalue weighted by atomic mass is 10.0. The van der Waals surface area contributed by atoms with Crippen molar-refractivity contribution in [2.45, 2.75) is 19.4 Å². The number of aromatic nitrogens is 2. The second kappa shape index (κ2) is 7.05.